The van der Waals surface area contributed by atoms with E-state index < -0.39 is 16.1 Å². The molecule has 0 aliphatic heterocycles. The molecule has 2 rings (SSSR count). The fraction of sp³-hybridized carbons (Fsp3) is 0.176. The number of ketones is 1. The molecule has 1 unspecified atom stereocenters. The van der Waals surface area contributed by atoms with Crippen LogP contribution in [-0.4, -0.2) is 26.1 Å². The molecule has 0 aliphatic carbocycles. The van der Waals surface area contributed by atoms with E-state index in [0.717, 1.165) is 0 Å². The third kappa shape index (κ3) is 4.50. The second kappa shape index (κ2) is 7.19. The maximum absolute atomic E-state index is 12.5. The molecule has 0 aromatic heterocycles. The summed E-state index contributed by atoms with van der Waals surface area (Å²) in [5.74, 6) is 0.00879. The summed E-state index contributed by atoms with van der Waals surface area (Å²) in [6.45, 7) is 3.05. The summed E-state index contributed by atoms with van der Waals surface area (Å²) in [7, 11) is -3.77. The molecule has 0 bridgehead atoms. The van der Waals surface area contributed by atoms with Gasteiger partial charge in [0.25, 0.3) is 10.0 Å². The van der Waals surface area contributed by atoms with Crippen molar-refractivity contribution in [2.45, 2.75) is 24.8 Å². The van der Waals surface area contributed by atoms with Gasteiger partial charge < -0.3 is 0 Å². The average Bonchev–Trinajstić information content (AvgIpc) is 2.55. The molecule has 1 atom stereocenters. The smallest absolute Gasteiger partial charge is 0.263 e. The second-order valence-corrected chi connectivity index (χ2v) is 6.73. The Morgan fingerprint density at radius 2 is 1.52 bits per heavy atom. The zero-order valence-corrected chi connectivity index (χ0v) is 13.7. The first-order valence-corrected chi connectivity index (χ1v) is 8.60. The lowest BCUT2D eigenvalue weighted by atomic mass is 10.2. The predicted octanol–water partition coefficient (Wildman–Crippen LogP) is 2.39. The Balaban J connectivity index is 2.41. The lowest BCUT2D eigenvalue weighted by molar-refractivity contribution is -0.117. The van der Waals surface area contributed by atoms with Gasteiger partial charge in [0.05, 0.1) is 4.90 Å². The van der Waals surface area contributed by atoms with Gasteiger partial charge >= 0.3 is 0 Å². The summed E-state index contributed by atoms with van der Waals surface area (Å²) in [5, 5.41) is 0. The SMILES string of the molecule is CC(=O)C(C)N=C(NS(=O)(=O)c1ccccc1)c1ccccc1. The van der Waals surface area contributed by atoms with Gasteiger partial charge in [-0.15, -0.1) is 0 Å². The van der Waals surface area contributed by atoms with E-state index in [0.29, 0.717) is 5.56 Å². The van der Waals surface area contributed by atoms with Crippen molar-refractivity contribution in [2.24, 2.45) is 4.99 Å². The molecule has 0 saturated carbocycles. The minimum atomic E-state index is -3.77. The van der Waals surface area contributed by atoms with Gasteiger partial charge in [-0.25, -0.2) is 8.42 Å². The van der Waals surface area contributed by atoms with Crippen LogP contribution >= 0.6 is 0 Å². The highest BCUT2D eigenvalue weighted by molar-refractivity contribution is 7.90. The van der Waals surface area contributed by atoms with Crippen molar-refractivity contribution >= 4 is 21.6 Å². The van der Waals surface area contributed by atoms with Crippen LogP contribution in [0.25, 0.3) is 0 Å². The highest BCUT2D eigenvalue weighted by Gasteiger charge is 2.18. The fourth-order valence-corrected chi connectivity index (χ4v) is 2.88. The Hall–Kier alpha value is -2.47. The standard InChI is InChI=1S/C17H18N2O3S/c1-13(14(2)20)18-17(15-9-5-3-6-10-15)19-23(21,22)16-11-7-4-8-12-16/h3-13H,1-2H3,(H,18,19). The number of hydrogen-bond acceptors (Lipinski definition) is 4. The maximum atomic E-state index is 12.5. The van der Waals surface area contributed by atoms with Crippen molar-refractivity contribution in [3.05, 3.63) is 66.2 Å². The summed E-state index contributed by atoms with van der Waals surface area (Å²) in [4.78, 5) is 15.8. The molecule has 2 aromatic carbocycles. The van der Waals surface area contributed by atoms with Gasteiger partial charge in [0.2, 0.25) is 0 Å². The predicted molar refractivity (Wildman–Crippen MR) is 89.9 cm³/mol. The zero-order chi connectivity index (χ0) is 16.9. The first-order chi connectivity index (χ1) is 10.9. The van der Waals surface area contributed by atoms with Crippen LogP contribution in [0, 0.1) is 0 Å². The van der Waals surface area contributed by atoms with Gasteiger partial charge in [0.15, 0.2) is 5.78 Å². The van der Waals surface area contributed by atoms with E-state index in [-0.39, 0.29) is 16.5 Å². The zero-order valence-electron chi connectivity index (χ0n) is 12.9. The molecular formula is C17H18N2O3S. The monoisotopic (exact) mass is 330 g/mol. The quantitative estimate of drug-likeness (QED) is 0.675. The molecule has 0 radical (unpaired) electrons. The van der Waals surface area contributed by atoms with Gasteiger partial charge in [0.1, 0.15) is 11.9 Å². The molecule has 2 aromatic rings. The maximum Gasteiger partial charge on any atom is 0.263 e. The van der Waals surface area contributed by atoms with Crippen molar-refractivity contribution in [3.63, 3.8) is 0 Å². The molecule has 1 N–H and O–H groups in total. The number of benzene rings is 2. The minimum Gasteiger partial charge on any atom is -0.298 e. The van der Waals surface area contributed by atoms with Crippen LogP contribution < -0.4 is 4.72 Å². The molecule has 0 heterocycles. The molecule has 0 amide bonds. The van der Waals surface area contributed by atoms with Crippen LogP contribution in [0.4, 0.5) is 0 Å². The van der Waals surface area contributed by atoms with Crippen LogP contribution in [0.15, 0.2) is 70.6 Å². The molecule has 0 fully saturated rings. The number of Topliss-reactive ketones (excluding diaryl/α,β-unsaturated/α-hetero) is 1. The Bertz CT molecular complexity index is 800. The molecule has 0 spiro atoms. The summed E-state index contributed by atoms with van der Waals surface area (Å²) >= 11 is 0. The van der Waals surface area contributed by atoms with E-state index >= 15 is 0 Å². The Kier molecular flexibility index (Phi) is 5.28. The first kappa shape index (κ1) is 16.9. The Labute approximate surface area is 136 Å². The topological polar surface area (TPSA) is 75.6 Å². The van der Waals surface area contributed by atoms with E-state index in [1.165, 1.54) is 19.1 Å². The minimum absolute atomic E-state index is 0.138. The molecular weight excluding hydrogens is 312 g/mol. The van der Waals surface area contributed by atoms with E-state index in [9.17, 15) is 13.2 Å². The highest BCUT2D eigenvalue weighted by atomic mass is 32.2. The summed E-state index contributed by atoms with van der Waals surface area (Å²) in [6, 6.07) is 16.2. The number of hydrogen-bond donors (Lipinski definition) is 1. The van der Waals surface area contributed by atoms with Crippen molar-refractivity contribution in [2.75, 3.05) is 0 Å². The largest absolute Gasteiger partial charge is 0.298 e. The van der Waals surface area contributed by atoms with Gasteiger partial charge in [-0.3, -0.25) is 14.5 Å². The molecule has 0 saturated heterocycles. The van der Waals surface area contributed by atoms with Crippen molar-refractivity contribution in [1.82, 2.24) is 4.72 Å². The number of carbonyl (C=O) groups is 1. The number of carbonyl (C=O) groups excluding carboxylic acids is 1. The van der Waals surface area contributed by atoms with Crippen LogP contribution in [0.3, 0.4) is 0 Å². The average molecular weight is 330 g/mol. The van der Waals surface area contributed by atoms with E-state index in [1.54, 1.807) is 49.4 Å². The summed E-state index contributed by atoms with van der Waals surface area (Å²) < 4.78 is 27.5. The van der Waals surface area contributed by atoms with E-state index in [1.807, 2.05) is 6.07 Å². The molecule has 6 heteroatoms. The van der Waals surface area contributed by atoms with Crippen LogP contribution in [0.1, 0.15) is 19.4 Å². The number of nitrogens with one attached hydrogen (secondary N) is 1. The van der Waals surface area contributed by atoms with Gasteiger partial charge in [-0.05, 0) is 26.0 Å². The third-order valence-electron chi connectivity index (χ3n) is 3.24. The molecule has 120 valence electrons. The number of sulfonamides is 1. The van der Waals surface area contributed by atoms with Crippen molar-refractivity contribution in [3.8, 4) is 0 Å². The van der Waals surface area contributed by atoms with Crippen LogP contribution in [0.2, 0.25) is 0 Å². The van der Waals surface area contributed by atoms with Crippen molar-refractivity contribution < 1.29 is 13.2 Å². The highest BCUT2D eigenvalue weighted by Crippen LogP contribution is 2.10. The van der Waals surface area contributed by atoms with Crippen LogP contribution in [0.5, 0.6) is 0 Å². The van der Waals surface area contributed by atoms with Crippen molar-refractivity contribution in [1.29, 1.82) is 0 Å². The lowest BCUT2D eigenvalue weighted by Gasteiger charge is -2.13. The van der Waals surface area contributed by atoms with E-state index in [4.69, 9.17) is 0 Å². The number of aliphatic imine (C=N–C) groups is 1. The lowest BCUT2D eigenvalue weighted by Crippen LogP contribution is -2.33. The molecule has 23 heavy (non-hydrogen) atoms. The van der Waals surface area contributed by atoms with Gasteiger partial charge in [-0.2, -0.15) is 0 Å². The third-order valence-corrected chi connectivity index (χ3v) is 4.60. The first-order valence-electron chi connectivity index (χ1n) is 7.11. The van der Waals surface area contributed by atoms with Gasteiger partial charge in [0, 0.05) is 5.56 Å². The normalized spacial score (nSPS) is 13.4. The Morgan fingerprint density at radius 1 is 1.00 bits per heavy atom. The summed E-state index contributed by atoms with van der Waals surface area (Å²) in [5.41, 5.74) is 0.597. The number of rotatable bonds is 5. The second-order valence-electron chi connectivity index (χ2n) is 5.05. The van der Waals surface area contributed by atoms with Crippen LogP contribution in [-0.2, 0) is 14.8 Å². The number of amidine groups is 1. The fourth-order valence-electron chi connectivity index (χ4n) is 1.83. The van der Waals surface area contributed by atoms with Gasteiger partial charge in [-0.1, -0.05) is 48.5 Å². The summed E-state index contributed by atoms with van der Waals surface area (Å²) in [6.07, 6.45) is 0. The molecule has 5 nitrogen and oxygen atoms in total. The van der Waals surface area contributed by atoms with E-state index in [2.05, 4.69) is 9.71 Å². The molecule has 0 aliphatic rings. The number of nitrogens with zero attached hydrogens (tertiary/aromatic N) is 1. The Morgan fingerprint density at radius 3 is 2.04 bits per heavy atom.